The van der Waals surface area contributed by atoms with Gasteiger partial charge in [0.15, 0.2) is 9.84 Å². The number of hydrogen-bond donors (Lipinski definition) is 1. The van der Waals surface area contributed by atoms with Crippen molar-refractivity contribution in [1.29, 1.82) is 5.26 Å². The largest absolute Gasteiger partial charge is 0.493 e. The molecule has 1 N–H and O–H groups in total. The van der Waals surface area contributed by atoms with E-state index in [1.807, 2.05) is 6.07 Å². The molecule has 0 saturated heterocycles. The first-order chi connectivity index (χ1) is 14.7. The van der Waals surface area contributed by atoms with Gasteiger partial charge in [0.25, 0.3) is 0 Å². The number of halogens is 3. The average molecular weight is 469 g/mol. The van der Waals surface area contributed by atoms with E-state index < -0.39 is 44.5 Å². The topological polar surface area (TPSA) is 96.3 Å². The molecule has 1 fully saturated rings. The summed E-state index contributed by atoms with van der Waals surface area (Å²) in [6, 6.07) is 10.2. The number of nitrogens with one attached hydrogen (secondary N) is 1. The molecule has 3 rings (SSSR count). The zero-order valence-electron chi connectivity index (χ0n) is 16.2. The summed E-state index contributed by atoms with van der Waals surface area (Å²) in [5.74, 6) is -2.34. The molecule has 0 radical (unpaired) electrons. The molecule has 0 aromatic heterocycles. The van der Waals surface area contributed by atoms with E-state index in [2.05, 4.69) is 5.32 Å². The quantitative estimate of drug-likeness (QED) is 0.495. The van der Waals surface area contributed by atoms with Gasteiger partial charge in [0.05, 0.1) is 27.8 Å². The molecule has 1 saturated carbocycles. The number of sulfone groups is 1. The van der Waals surface area contributed by atoms with Gasteiger partial charge in [0.2, 0.25) is 5.91 Å². The molecule has 0 spiro atoms. The summed E-state index contributed by atoms with van der Waals surface area (Å²) in [6.45, 7) is -0.179. The SMILES string of the molecule is N#CCNC(=O)[C@@H]1C[C@@H](S(=O)(=O)c2ccc(F)cc2Cl)C[C@H]1COc1ccc(F)cc1. The molecule has 0 bridgehead atoms. The number of carbonyl (C=O) groups is 1. The molecule has 0 heterocycles. The first-order valence-corrected chi connectivity index (χ1v) is 11.4. The second kappa shape index (κ2) is 9.62. The second-order valence-corrected chi connectivity index (χ2v) is 9.82. The van der Waals surface area contributed by atoms with Gasteiger partial charge in [0, 0.05) is 11.8 Å². The van der Waals surface area contributed by atoms with Gasteiger partial charge in [-0.1, -0.05) is 11.6 Å². The summed E-state index contributed by atoms with van der Waals surface area (Å²) in [5.41, 5.74) is 0. The van der Waals surface area contributed by atoms with Gasteiger partial charge in [-0.25, -0.2) is 17.2 Å². The summed E-state index contributed by atoms with van der Waals surface area (Å²) in [5, 5.41) is 10.0. The maximum Gasteiger partial charge on any atom is 0.224 e. The average Bonchev–Trinajstić information content (AvgIpc) is 3.16. The molecular formula is C21H19ClF2N2O4S. The van der Waals surface area contributed by atoms with E-state index in [1.165, 1.54) is 24.3 Å². The molecule has 31 heavy (non-hydrogen) atoms. The highest BCUT2D eigenvalue weighted by molar-refractivity contribution is 7.92. The molecule has 10 heteroatoms. The number of rotatable bonds is 7. The molecule has 0 unspecified atom stereocenters. The van der Waals surface area contributed by atoms with Crippen LogP contribution in [0.5, 0.6) is 5.75 Å². The molecule has 164 valence electrons. The highest BCUT2D eigenvalue weighted by Crippen LogP contribution is 2.40. The van der Waals surface area contributed by atoms with Gasteiger partial charge in [-0.05, 0) is 55.3 Å². The van der Waals surface area contributed by atoms with E-state index in [-0.39, 0.29) is 35.9 Å². The van der Waals surface area contributed by atoms with Crippen LogP contribution in [0.25, 0.3) is 0 Å². The van der Waals surface area contributed by atoms with E-state index in [4.69, 9.17) is 21.6 Å². The van der Waals surface area contributed by atoms with Gasteiger partial charge in [-0.3, -0.25) is 4.79 Å². The van der Waals surface area contributed by atoms with Gasteiger partial charge in [0.1, 0.15) is 23.9 Å². The number of nitrogens with zero attached hydrogens (tertiary/aromatic N) is 1. The zero-order valence-corrected chi connectivity index (χ0v) is 17.8. The molecule has 1 amide bonds. The van der Waals surface area contributed by atoms with Crippen molar-refractivity contribution in [3.63, 3.8) is 0 Å². The van der Waals surface area contributed by atoms with E-state index in [0.29, 0.717) is 5.75 Å². The van der Waals surface area contributed by atoms with Crippen molar-refractivity contribution in [2.45, 2.75) is 23.0 Å². The Labute approximate surface area is 183 Å². The van der Waals surface area contributed by atoms with Gasteiger partial charge in [-0.2, -0.15) is 5.26 Å². The van der Waals surface area contributed by atoms with Crippen molar-refractivity contribution in [3.8, 4) is 11.8 Å². The summed E-state index contributed by atoms with van der Waals surface area (Å²) in [4.78, 5) is 12.4. The summed E-state index contributed by atoms with van der Waals surface area (Å²) >= 11 is 5.96. The third-order valence-corrected chi connectivity index (χ3v) is 7.90. The Bertz CT molecular complexity index is 1100. The third kappa shape index (κ3) is 5.32. The van der Waals surface area contributed by atoms with Crippen LogP contribution in [0.4, 0.5) is 8.78 Å². The number of nitriles is 1. The molecule has 0 aliphatic heterocycles. The monoisotopic (exact) mass is 468 g/mol. The first kappa shape index (κ1) is 23.0. The van der Waals surface area contributed by atoms with Crippen molar-refractivity contribution in [3.05, 3.63) is 59.1 Å². The lowest BCUT2D eigenvalue weighted by Crippen LogP contribution is -2.34. The number of benzene rings is 2. The minimum atomic E-state index is -3.94. The minimum absolute atomic E-state index is 0.00471. The molecule has 1 aliphatic carbocycles. The number of ether oxygens (including phenoxy) is 1. The third-order valence-electron chi connectivity index (χ3n) is 5.25. The highest BCUT2D eigenvalue weighted by Gasteiger charge is 2.45. The van der Waals surface area contributed by atoms with Crippen molar-refractivity contribution >= 4 is 27.3 Å². The van der Waals surface area contributed by atoms with Crippen LogP contribution in [0.1, 0.15) is 12.8 Å². The van der Waals surface area contributed by atoms with E-state index in [9.17, 15) is 22.0 Å². The van der Waals surface area contributed by atoms with Crippen molar-refractivity contribution in [2.75, 3.05) is 13.2 Å². The van der Waals surface area contributed by atoms with Crippen molar-refractivity contribution in [1.82, 2.24) is 5.32 Å². The summed E-state index contributed by atoms with van der Waals surface area (Å²) in [6.07, 6.45) is 0.118. The maximum atomic E-state index is 13.3. The predicted octanol–water partition coefficient (Wildman–Crippen LogP) is 3.51. The van der Waals surface area contributed by atoms with Gasteiger partial charge < -0.3 is 10.1 Å². The predicted molar refractivity (Wildman–Crippen MR) is 109 cm³/mol. The maximum absolute atomic E-state index is 13.3. The lowest BCUT2D eigenvalue weighted by atomic mass is 9.96. The molecule has 1 aliphatic rings. The van der Waals surface area contributed by atoms with E-state index in [1.54, 1.807) is 0 Å². The second-order valence-electron chi connectivity index (χ2n) is 7.22. The van der Waals surface area contributed by atoms with Crippen LogP contribution in [0.3, 0.4) is 0 Å². The number of amides is 1. The van der Waals surface area contributed by atoms with Crippen molar-refractivity contribution in [2.24, 2.45) is 11.8 Å². The Morgan fingerprint density at radius 2 is 1.84 bits per heavy atom. The molecule has 3 atom stereocenters. The van der Waals surface area contributed by atoms with Crippen molar-refractivity contribution < 1.29 is 26.7 Å². The number of hydrogen-bond acceptors (Lipinski definition) is 5. The fourth-order valence-corrected chi connectivity index (χ4v) is 6.11. The molecular weight excluding hydrogens is 450 g/mol. The Hall–Kier alpha value is -2.70. The van der Waals surface area contributed by atoms with E-state index in [0.717, 1.165) is 18.2 Å². The standard InChI is InChI=1S/C21H19ClF2N2O4S/c22-19-10-15(24)3-6-20(19)31(28,29)17-9-13(18(11-17)21(27)26-8-7-25)12-30-16-4-1-14(23)2-5-16/h1-6,10,13,17-18H,8-9,11-12H2,(H,26,27)/t13-,17-,18+/m0/s1. The lowest BCUT2D eigenvalue weighted by Gasteiger charge is -2.18. The van der Waals surface area contributed by atoms with Gasteiger partial charge >= 0.3 is 0 Å². The fourth-order valence-electron chi connectivity index (χ4n) is 3.71. The Morgan fingerprint density at radius 1 is 1.16 bits per heavy atom. The molecule has 2 aromatic rings. The lowest BCUT2D eigenvalue weighted by molar-refractivity contribution is -0.126. The first-order valence-electron chi connectivity index (χ1n) is 9.44. The highest BCUT2D eigenvalue weighted by atomic mass is 35.5. The number of carbonyl (C=O) groups excluding carboxylic acids is 1. The van der Waals surface area contributed by atoms with Crippen LogP contribution in [-0.4, -0.2) is 32.7 Å². The van der Waals surface area contributed by atoms with Crippen LogP contribution >= 0.6 is 11.6 Å². The van der Waals surface area contributed by atoms with Crippen LogP contribution < -0.4 is 10.1 Å². The minimum Gasteiger partial charge on any atom is -0.493 e. The molecule has 6 nitrogen and oxygen atoms in total. The van der Waals surface area contributed by atoms with Gasteiger partial charge in [-0.15, -0.1) is 0 Å². The summed E-state index contributed by atoms with van der Waals surface area (Å²) < 4.78 is 58.3. The summed E-state index contributed by atoms with van der Waals surface area (Å²) in [7, 11) is -3.94. The molecule has 2 aromatic carbocycles. The smallest absolute Gasteiger partial charge is 0.224 e. The van der Waals surface area contributed by atoms with Crippen LogP contribution in [0.2, 0.25) is 5.02 Å². The van der Waals surface area contributed by atoms with Crippen LogP contribution in [0, 0.1) is 34.8 Å². The van der Waals surface area contributed by atoms with Crippen LogP contribution in [-0.2, 0) is 14.6 Å². The Balaban J connectivity index is 1.82. The normalized spacial score (nSPS) is 20.8. The fraction of sp³-hybridized carbons (Fsp3) is 0.333. The Morgan fingerprint density at radius 3 is 2.48 bits per heavy atom. The van der Waals surface area contributed by atoms with E-state index >= 15 is 0 Å². The Kier molecular flexibility index (Phi) is 7.13. The zero-order chi connectivity index (χ0) is 22.6. The van der Waals surface area contributed by atoms with Crippen LogP contribution in [0.15, 0.2) is 47.4 Å².